The maximum Gasteiger partial charge on any atom is 0.326 e. The molecule has 1 aromatic rings. The van der Waals surface area contributed by atoms with Gasteiger partial charge in [0.15, 0.2) is 0 Å². The molecule has 1 heterocycles. The summed E-state index contributed by atoms with van der Waals surface area (Å²) in [4.78, 5) is 38.2. The molecule has 7 nitrogen and oxygen atoms in total. The van der Waals surface area contributed by atoms with Crippen molar-refractivity contribution in [3.63, 3.8) is 0 Å². The fourth-order valence-electron chi connectivity index (χ4n) is 3.40. The number of carboxylic acid groups (broad SMARTS) is 1. The number of hydrogen-bond donors (Lipinski definition) is 2. The van der Waals surface area contributed by atoms with Crippen LogP contribution in [0.15, 0.2) is 24.3 Å². The van der Waals surface area contributed by atoms with Crippen LogP contribution in [0.25, 0.3) is 0 Å². The molecule has 2 rings (SSSR count). The van der Waals surface area contributed by atoms with Crippen molar-refractivity contribution in [1.29, 1.82) is 0 Å². The highest BCUT2D eigenvalue weighted by atomic mass is 16.5. The lowest BCUT2D eigenvalue weighted by Crippen LogP contribution is -2.56. The Balaban J connectivity index is 2.15. The molecule has 1 amide bonds. The minimum atomic E-state index is -1.03. The normalized spacial score (nSPS) is 18.3. The van der Waals surface area contributed by atoms with Crippen LogP contribution in [0.2, 0.25) is 0 Å². The fourth-order valence-corrected chi connectivity index (χ4v) is 3.40. The van der Waals surface area contributed by atoms with Crippen molar-refractivity contribution in [1.82, 2.24) is 10.2 Å². The first-order chi connectivity index (χ1) is 12.9. The lowest BCUT2D eigenvalue weighted by atomic mass is 9.93. The number of hydrogen-bond acceptors (Lipinski definition) is 5. The number of carbonyl (C=O) groups excluding carboxylic acids is 2. The van der Waals surface area contributed by atoms with E-state index < -0.39 is 30.1 Å². The van der Waals surface area contributed by atoms with E-state index in [0.29, 0.717) is 6.42 Å². The molecule has 0 radical (unpaired) electrons. The standard InChI is InChI=1S/C20H28N2O5/c1-4-8-16(20(26)27-5-2)21-13(3)18(23)22-12-15-10-7-6-9-14(15)11-17(22)19(24)25/h6-7,9-10,13,16-17,21H,4-5,8,11-12H2,1-3H3,(H,24,25)/t13-,16-,17-/m0/s1. The summed E-state index contributed by atoms with van der Waals surface area (Å²) in [5.41, 5.74) is 1.90. The van der Waals surface area contributed by atoms with Crippen LogP contribution in [-0.2, 0) is 32.1 Å². The van der Waals surface area contributed by atoms with Crippen LogP contribution in [0.1, 0.15) is 44.7 Å². The van der Waals surface area contributed by atoms with Gasteiger partial charge in [-0.25, -0.2) is 4.79 Å². The van der Waals surface area contributed by atoms with E-state index >= 15 is 0 Å². The van der Waals surface area contributed by atoms with Crippen molar-refractivity contribution in [2.45, 2.75) is 64.7 Å². The van der Waals surface area contributed by atoms with Crippen LogP contribution in [0.4, 0.5) is 0 Å². The summed E-state index contributed by atoms with van der Waals surface area (Å²) < 4.78 is 5.07. The lowest BCUT2D eigenvalue weighted by molar-refractivity contribution is -0.153. The van der Waals surface area contributed by atoms with Crippen molar-refractivity contribution in [2.75, 3.05) is 6.61 Å². The van der Waals surface area contributed by atoms with Crippen molar-refractivity contribution < 1.29 is 24.2 Å². The number of aliphatic carboxylic acids is 1. The summed E-state index contributed by atoms with van der Waals surface area (Å²) in [5.74, 6) is -1.75. The summed E-state index contributed by atoms with van der Waals surface area (Å²) in [7, 11) is 0. The molecule has 0 unspecified atom stereocenters. The Labute approximate surface area is 159 Å². The number of carbonyl (C=O) groups is 3. The van der Waals surface area contributed by atoms with Gasteiger partial charge in [0.2, 0.25) is 5.91 Å². The van der Waals surface area contributed by atoms with Crippen molar-refractivity contribution in [2.24, 2.45) is 0 Å². The van der Waals surface area contributed by atoms with Gasteiger partial charge in [-0.05, 0) is 31.4 Å². The van der Waals surface area contributed by atoms with Gasteiger partial charge in [-0.15, -0.1) is 0 Å². The zero-order valence-corrected chi connectivity index (χ0v) is 16.1. The van der Waals surface area contributed by atoms with E-state index in [1.165, 1.54) is 4.90 Å². The number of ether oxygens (including phenoxy) is 1. The van der Waals surface area contributed by atoms with Crippen molar-refractivity contribution in [3.8, 4) is 0 Å². The van der Waals surface area contributed by atoms with E-state index in [4.69, 9.17) is 4.74 Å². The predicted octanol–water partition coefficient (Wildman–Crippen LogP) is 1.73. The van der Waals surface area contributed by atoms with E-state index in [-0.39, 0.29) is 25.5 Å². The monoisotopic (exact) mass is 376 g/mol. The fraction of sp³-hybridized carbons (Fsp3) is 0.550. The van der Waals surface area contributed by atoms with Crippen LogP contribution in [0, 0.1) is 0 Å². The van der Waals surface area contributed by atoms with E-state index in [1.807, 2.05) is 31.2 Å². The first kappa shape index (κ1) is 20.9. The van der Waals surface area contributed by atoms with Crippen LogP contribution in [0.5, 0.6) is 0 Å². The molecule has 0 fully saturated rings. The van der Waals surface area contributed by atoms with Gasteiger partial charge in [0, 0.05) is 13.0 Å². The molecular formula is C20H28N2O5. The number of fused-ring (bicyclic) bond motifs is 1. The summed E-state index contributed by atoms with van der Waals surface area (Å²) in [6, 6.07) is 5.35. The number of nitrogens with zero attached hydrogens (tertiary/aromatic N) is 1. The predicted molar refractivity (Wildman–Crippen MR) is 100 cm³/mol. The molecule has 0 aliphatic carbocycles. The first-order valence-corrected chi connectivity index (χ1v) is 9.41. The molecule has 7 heteroatoms. The molecular weight excluding hydrogens is 348 g/mol. The second-order valence-corrected chi connectivity index (χ2v) is 6.77. The molecule has 27 heavy (non-hydrogen) atoms. The van der Waals surface area contributed by atoms with Crippen LogP contribution in [0.3, 0.4) is 0 Å². The zero-order chi connectivity index (χ0) is 20.0. The topological polar surface area (TPSA) is 95.9 Å². The zero-order valence-electron chi connectivity index (χ0n) is 16.1. The maximum absolute atomic E-state index is 13.0. The molecule has 0 spiro atoms. The second kappa shape index (κ2) is 9.50. The largest absolute Gasteiger partial charge is 0.480 e. The molecule has 1 aliphatic heterocycles. The number of rotatable bonds is 8. The highest BCUT2D eigenvalue weighted by molar-refractivity contribution is 5.88. The minimum Gasteiger partial charge on any atom is -0.480 e. The Morgan fingerprint density at radius 1 is 1.26 bits per heavy atom. The Hall–Kier alpha value is -2.41. The molecule has 0 aromatic heterocycles. The van der Waals surface area contributed by atoms with E-state index in [2.05, 4.69) is 5.32 Å². The summed E-state index contributed by atoms with van der Waals surface area (Å²) >= 11 is 0. The van der Waals surface area contributed by atoms with Gasteiger partial charge in [0.05, 0.1) is 12.6 Å². The van der Waals surface area contributed by atoms with E-state index in [9.17, 15) is 19.5 Å². The summed E-state index contributed by atoms with van der Waals surface area (Å²) in [6.45, 7) is 5.85. The van der Waals surface area contributed by atoms with Crippen molar-refractivity contribution in [3.05, 3.63) is 35.4 Å². The van der Waals surface area contributed by atoms with E-state index in [0.717, 1.165) is 17.5 Å². The Bertz CT molecular complexity index is 691. The Morgan fingerprint density at radius 3 is 2.52 bits per heavy atom. The number of esters is 1. The summed E-state index contributed by atoms with van der Waals surface area (Å²) in [5, 5.41) is 12.6. The number of benzene rings is 1. The third-order valence-electron chi connectivity index (χ3n) is 4.79. The van der Waals surface area contributed by atoms with Gasteiger partial charge < -0.3 is 14.7 Å². The number of nitrogens with one attached hydrogen (secondary N) is 1. The average Bonchev–Trinajstić information content (AvgIpc) is 2.66. The van der Waals surface area contributed by atoms with Crippen LogP contribution in [-0.4, -0.2) is 52.6 Å². The lowest BCUT2D eigenvalue weighted by Gasteiger charge is -2.36. The quantitative estimate of drug-likeness (QED) is 0.671. The SMILES string of the molecule is CCC[C@H](N[C@@H](C)C(=O)N1Cc2ccccc2C[C@H]1C(=O)O)C(=O)OCC. The molecule has 148 valence electrons. The molecule has 1 aliphatic rings. The minimum absolute atomic E-state index is 0.246. The van der Waals surface area contributed by atoms with Gasteiger partial charge in [-0.2, -0.15) is 0 Å². The van der Waals surface area contributed by atoms with E-state index in [1.54, 1.807) is 13.8 Å². The highest BCUT2D eigenvalue weighted by Crippen LogP contribution is 2.24. The smallest absolute Gasteiger partial charge is 0.326 e. The molecule has 3 atom stereocenters. The second-order valence-electron chi connectivity index (χ2n) is 6.77. The number of amides is 1. The van der Waals surface area contributed by atoms with Gasteiger partial charge >= 0.3 is 11.9 Å². The molecule has 1 aromatic carbocycles. The Morgan fingerprint density at radius 2 is 1.93 bits per heavy atom. The third kappa shape index (κ3) is 5.07. The summed E-state index contributed by atoms with van der Waals surface area (Å²) in [6.07, 6.45) is 1.58. The van der Waals surface area contributed by atoms with Gasteiger partial charge in [0.1, 0.15) is 12.1 Å². The maximum atomic E-state index is 13.0. The number of carboxylic acids is 1. The highest BCUT2D eigenvalue weighted by Gasteiger charge is 2.37. The van der Waals surface area contributed by atoms with Crippen molar-refractivity contribution >= 4 is 17.8 Å². The average molecular weight is 376 g/mol. The molecule has 0 saturated heterocycles. The van der Waals surface area contributed by atoms with Gasteiger partial charge in [0.25, 0.3) is 0 Å². The van der Waals surface area contributed by atoms with Gasteiger partial charge in [-0.3, -0.25) is 14.9 Å². The van der Waals surface area contributed by atoms with Crippen LogP contribution >= 0.6 is 0 Å². The molecule has 0 saturated carbocycles. The van der Waals surface area contributed by atoms with Gasteiger partial charge in [-0.1, -0.05) is 37.6 Å². The molecule has 2 N–H and O–H groups in total. The third-order valence-corrected chi connectivity index (χ3v) is 4.79. The molecule has 0 bridgehead atoms. The first-order valence-electron chi connectivity index (χ1n) is 9.41. The Kier molecular flexibility index (Phi) is 7.36. The van der Waals surface area contributed by atoms with Crippen LogP contribution < -0.4 is 5.32 Å².